The van der Waals surface area contributed by atoms with Crippen LogP contribution in [0.4, 0.5) is 0 Å². The summed E-state index contributed by atoms with van der Waals surface area (Å²) < 4.78 is 6.07. The number of aryl methyl sites for hydroxylation is 2. The zero-order chi connectivity index (χ0) is 23.3. The number of nitrogens with zero attached hydrogens (tertiary/aromatic N) is 4. The summed E-state index contributed by atoms with van der Waals surface area (Å²) >= 11 is 8.45. The molecule has 166 valence electrons. The average Bonchev–Trinajstić information content (AvgIpc) is 3.34. The van der Waals surface area contributed by atoms with Gasteiger partial charge in [-0.05, 0) is 76.2 Å². The predicted octanol–water partition coefficient (Wildman–Crippen LogP) is 4.60. The largest absolute Gasteiger partial charge is 0.374 e. The third kappa shape index (κ3) is 3.51. The van der Waals surface area contributed by atoms with E-state index in [0.717, 1.165) is 9.09 Å². The molecule has 0 aliphatic rings. The van der Waals surface area contributed by atoms with Gasteiger partial charge >= 0.3 is 5.69 Å². The number of halogens is 2. The lowest BCUT2D eigenvalue weighted by molar-refractivity contribution is 0.117. The van der Waals surface area contributed by atoms with Gasteiger partial charge in [0, 0.05) is 22.7 Å². The number of benzene rings is 3. The van der Waals surface area contributed by atoms with Crippen LogP contribution >= 0.6 is 34.2 Å². The second kappa shape index (κ2) is 8.16. The van der Waals surface area contributed by atoms with Gasteiger partial charge in [-0.3, -0.25) is 9.13 Å². The lowest BCUT2D eigenvalue weighted by Gasteiger charge is -2.30. The van der Waals surface area contributed by atoms with Crippen LogP contribution in [0.3, 0.4) is 0 Å². The van der Waals surface area contributed by atoms with Crippen LogP contribution in [-0.4, -0.2) is 23.8 Å². The van der Waals surface area contributed by atoms with Crippen LogP contribution in [-0.2, 0) is 19.7 Å². The van der Waals surface area contributed by atoms with Crippen LogP contribution in [0.25, 0.3) is 16.7 Å². The molecular formula is C25H20ClIN4O2. The Labute approximate surface area is 208 Å². The summed E-state index contributed by atoms with van der Waals surface area (Å²) in [6.07, 6.45) is 3.33. The van der Waals surface area contributed by atoms with E-state index in [9.17, 15) is 9.90 Å². The second-order valence-corrected chi connectivity index (χ2v) is 9.65. The van der Waals surface area contributed by atoms with E-state index in [-0.39, 0.29) is 5.69 Å². The van der Waals surface area contributed by atoms with Gasteiger partial charge in [-0.1, -0.05) is 35.9 Å². The number of aromatic nitrogens is 4. The van der Waals surface area contributed by atoms with Gasteiger partial charge in [0.25, 0.3) is 0 Å². The average molecular weight is 571 g/mol. The number of aliphatic hydroxyl groups is 1. The summed E-state index contributed by atoms with van der Waals surface area (Å²) in [6.45, 7) is 0. The minimum absolute atomic E-state index is 0.192. The standard InChI is InChI=1S/C25H20ClIN4O2/c1-29-15-28-14-23(29)25(33,16-6-9-19(27)10-7-16)17-8-11-21-22(12-17)31(24(32)30(21)2)20-5-3-4-18(26)13-20/h3-15,33H,1-2H3. The maximum absolute atomic E-state index is 13.2. The lowest BCUT2D eigenvalue weighted by atomic mass is 9.83. The van der Waals surface area contributed by atoms with Crippen LogP contribution in [0.2, 0.25) is 5.02 Å². The molecule has 1 atom stereocenters. The molecular weight excluding hydrogens is 551 g/mol. The van der Waals surface area contributed by atoms with E-state index >= 15 is 0 Å². The maximum atomic E-state index is 13.2. The first-order chi connectivity index (χ1) is 15.8. The topological polar surface area (TPSA) is 65.0 Å². The smallest absolute Gasteiger partial charge is 0.333 e. The van der Waals surface area contributed by atoms with E-state index < -0.39 is 5.60 Å². The van der Waals surface area contributed by atoms with Gasteiger partial charge in [-0.25, -0.2) is 9.78 Å². The van der Waals surface area contributed by atoms with Crippen molar-refractivity contribution >= 4 is 45.2 Å². The van der Waals surface area contributed by atoms with Crippen molar-refractivity contribution in [3.63, 3.8) is 0 Å². The normalized spacial score (nSPS) is 13.4. The number of rotatable bonds is 4. The van der Waals surface area contributed by atoms with Crippen molar-refractivity contribution < 1.29 is 5.11 Å². The maximum Gasteiger partial charge on any atom is 0.333 e. The third-order valence-electron chi connectivity index (χ3n) is 5.99. The Morgan fingerprint density at radius 3 is 2.36 bits per heavy atom. The van der Waals surface area contributed by atoms with Gasteiger partial charge in [-0.15, -0.1) is 0 Å². The monoisotopic (exact) mass is 570 g/mol. The van der Waals surface area contributed by atoms with E-state index in [1.54, 1.807) is 45.4 Å². The summed E-state index contributed by atoms with van der Waals surface area (Å²) in [5.74, 6) is 0. The molecule has 0 saturated heterocycles. The summed E-state index contributed by atoms with van der Waals surface area (Å²) in [6, 6.07) is 20.5. The second-order valence-electron chi connectivity index (χ2n) is 7.97. The summed E-state index contributed by atoms with van der Waals surface area (Å²) in [7, 11) is 3.58. The lowest BCUT2D eigenvalue weighted by Crippen LogP contribution is -2.31. The van der Waals surface area contributed by atoms with Crippen molar-refractivity contribution in [1.29, 1.82) is 0 Å². The summed E-state index contributed by atoms with van der Waals surface area (Å²) in [5.41, 5.74) is 2.37. The van der Waals surface area contributed by atoms with E-state index in [2.05, 4.69) is 27.6 Å². The number of fused-ring (bicyclic) bond motifs is 1. The molecule has 1 unspecified atom stereocenters. The molecule has 1 N–H and O–H groups in total. The molecule has 0 fully saturated rings. The van der Waals surface area contributed by atoms with Gasteiger partial charge in [0.2, 0.25) is 0 Å². The number of hydrogen-bond donors (Lipinski definition) is 1. The molecule has 0 saturated carbocycles. The molecule has 3 aromatic carbocycles. The fourth-order valence-electron chi connectivity index (χ4n) is 4.29. The minimum Gasteiger partial charge on any atom is -0.374 e. The van der Waals surface area contributed by atoms with Gasteiger partial charge in [-0.2, -0.15) is 0 Å². The third-order valence-corrected chi connectivity index (χ3v) is 6.94. The Bertz CT molecular complexity index is 1550. The molecule has 0 spiro atoms. The van der Waals surface area contributed by atoms with Gasteiger partial charge < -0.3 is 9.67 Å². The predicted molar refractivity (Wildman–Crippen MR) is 138 cm³/mol. The minimum atomic E-state index is -1.48. The van der Waals surface area contributed by atoms with E-state index in [1.165, 1.54) is 0 Å². The molecule has 2 heterocycles. The van der Waals surface area contributed by atoms with Crippen molar-refractivity contribution in [3.8, 4) is 5.69 Å². The van der Waals surface area contributed by atoms with Crippen LogP contribution in [0.15, 0.2) is 84.0 Å². The van der Waals surface area contributed by atoms with Crippen molar-refractivity contribution in [1.82, 2.24) is 18.7 Å². The molecule has 5 aromatic rings. The first-order valence-electron chi connectivity index (χ1n) is 10.2. The van der Waals surface area contributed by atoms with Gasteiger partial charge in [0.1, 0.15) is 0 Å². The first-order valence-corrected chi connectivity index (χ1v) is 11.7. The van der Waals surface area contributed by atoms with Crippen molar-refractivity contribution in [2.75, 3.05) is 0 Å². The Balaban J connectivity index is 1.82. The first kappa shape index (κ1) is 21.9. The number of imidazole rings is 2. The highest BCUT2D eigenvalue weighted by atomic mass is 127. The molecule has 0 radical (unpaired) electrons. The van der Waals surface area contributed by atoms with Crippen LogP contribution in [0.5, 0.6) is 0 Å². The molecule has 33 heavy (non-hydrogen) atoms. The van der Waals surface area contributed by atoms with E-state index in [4.69, 9.17) is 11.6 Å². The van der Waals surface area contributed by atoms with Gasteiger partial charge in [0.05, 0.1) is 34.9 Å². The molecule has 6 nitrogen and oxygen atoms in total. The molecule has 8 heteroatoms. The fourth-order valence-corrected chi connectivity index (χ4v) is 4.84. The van der Waals surface area contributed by atoms with Crippen molar-refractivity contribution in [2.24, 2.45) is 14.1 Å². The highest BCUT2D eigenvalue weighted by Gasteiger charge is 2.37. The molecule has 0 aliphatic carbocycles. The SMILES string of the molecule is Cn1cncc1C(O)(c1ccc(I)cc1)c1ccc2c(c1)n(-c1cccc(Cl)c1)c(=O)n2C. The van der Waals surface area contributed by atoms with Gasteiger partial charge in [0.15, 0.2) is 5.60 Å². The molecule has 0 amide bonds. The number of hydrogen-bond acceptors (Lipinski definition) is 3. The molecule has 0 bridgehead atoms. The quantitative estimate of drug-likeness (QED) is 0.321. The molecule has 0 aliphatic heterocycles. The summed E-state index contributed by atoms with van der Waals surface area (Å²) in [5, 5.41) is 12.8. The summed E-state index contributed by atoms with van der Waals surface area (Å²) in [4.78, 5) is 17.4. The van der Waals surface area contributed by atoms with Crippen molar-refractivity contribution in [3.05, 3.63) is 115 Å². The van der Waals surface area contributed by atoms with Crippen LogP contribution in [0.1, 0.15) is 16.8 Å². The Morgan fingerprint density at radius 1 is 0.970 bits per heavy atom. The Morgan fingerprint density at radius 2 is 1.70 bits per heavy atom. The van der Waals surface area contributed by atoms with E-state index in [0.29, 0.717) is 33.0 Å². The Hall–Kier alpha value is -2.88. The van der Waals surface area contributed by atoms with Crippen molar-refractivity contribution in [2.45, 2.75) is 5.60 Å². The zero-order valence-corrected chi connectivity index (χ0v) is 20.8. The highest BCUT2D eigenvalue weighted by Crippen LogP contribution is 2.38. The Kier molecular flexibility index (Phi) is 5.43. The fraction of sp³-hybridized carbons (Fsp3) is 0.120. The molecule has 2 aromatic heterocycles. The van der Waals surface area contributed by atoms with E-state index in [1.807, 2.05) is 61.6 Å². The van der Waals surface area contributed by atoms with Crippen LogP contribution < -0.4 is 5.69 Å². The highest BCUT2D eigenvalue weighted by molar-refractivity contribution is 14.1. The molecule has 5 rings (SSSR count). The zero-order valence-electron chi connectivity index (χ0n) is 17.9. The van der Waals surface area contributed by atoms with Crippen LogP contribution in [0, 0.1) is 3.57 Å².